The maximum absolute atomic E-state index is 12.9. The predicted molar refractivity (Wildman–Crippen MR) is 109 cm³/mol. The first-order chi connectivity index (χ1) is 13.6. The van der Waals surface area contributed by atoms with Crippen LogP contribution in [0.15, 0.2) is 66.7 Å². The number of hydrogen-bond acceptors (Lipinski definition) is 4. The fraction of sp³-hybridized carbons (Fsp3) is 0.182. The van der Waals surface area contributed by atoms with E-state index >= 15 is 0 Å². The first kappa shape index (κ1) is 19.2. The van der Waals surface area contributed by atoms with E-state index in [-0.39, 0.29) is 25.5 Å². The summed E-state index contributed by atoms with van der Waals surface area (Å²) in [6, 6.07) is 20.7. The van der Waals surface area contributed by atoms with Crippen LogP contribution in [0.5, 0.6) is 11.5 Å². The van der Waals surface area contributed by atoms with Crippen molar-refractivity contribution in [2.75, 3.05) is 25.2 Å². The quantitative estimate of drug-likeness (QED) is 0.653. The molecule has 0 radical (unpaired) electrons. The maximum Gasteiger partial charge on any atom is 0.265 e. The summed E-state index contributed by atoms with van der Waals surface area (Å²) in [4.78, 5) is 25.6. The molecule has 2 amide bonds. The van der Waals surface area contributed by atoms with Crippen LogP contribution in [-0.4, -0.2) is 32.1 Å². The molecular weight excluding hydrogens is 356 g/mol. The summed E-state index contributed by atoms with van der Waals surface area (Å²) in [5, 5.41) is 2.13. The van der Waals surface area contributed by atoms with Crippen LogP contribution in [0.3, 0.4) is 0 Å². The average molecular weight is 378 g/mol. The number of hydrogen-bond donors (Lipinski definition) is 1. The Hall–Kier alpha value is -3.54. The number of methoxy groups -OCH3 is 1. The van der Waals surface area contributed by atoms with Crippen LogP contribution < -0.4 is 20.1 Å². The van der Waals surface area contributed by atoms with Gasteiger partial charge in [0.2, 0.25) is 5.91 Å². The molecule has 0 atom stereocenters. The van der Waals surface area contributed by atoms with Gasteiger partial charge in [0.1, 0.15) is 11.5 Å². The van der Waals surface area contributed by atoms with E-state index in [1.54, 1.807) is 18.2 Å². The van der Waals surface area contributed by atoms with E-state index in [4.69, 9.17) is 15.2 Å². The minimum Gasteiger partial charge on any atom is -0.495 e. The zero-order valence-corrected chi connectivity index (χ0v) is 15.6. The van der Waals surface area contributed by atoms with Crippen LogP contribution in [0.2, 0.25) is 0 Å². The van der Waals surface area contributed by atoms with Crippen molar-refractivity contribution in [3.8, 4) is 11.5 Å². The molecule has 0 aliphatic carbocycles. The predicted octanol–water partition coefficient (Wildman–Crippen LogP) is 3.14. The van der Waals surface area contributed by atoms with Gasteiger partial charge in [-0.1, -0.05) is 42.5 Å². The number of primary amides is 1. The van der Waals surface area contributed by atoms with E-state index in [0.29, 0.717) is 17.2 Å². The van der Waals surface area contributed by atoms with Crippen molar-refractivity contribution in [1.82, 2.24) is 0 Å². The molecule has 3 aromatic carbocycles. The fourth-order valence-electron chi connectivity index (χ4n) is 2.93. The van der Waals surface area contributed by atoms with Crippen molar-refractivity contribution in [2.45, 2.75) is 6.42 Å². The fourth-order valence-corrected chi connectivity index (χ4v) is 2.93. The molecule has 3 rings (SSSR count). The Morgan fingerprint density at radius 2 is 1.68 bits per heavy atom. The third kappa shape index (κ3) is 4.59. The monoisotopic (exact) mass is 378 g/mol. The van der Waals surface area contributed by atoms with Gasteiger partial charge >= 0.3 is 0 Å². The van der Waals surface area contributed by atoms with E-state index in [1.165, 1.54) is 12.0 Å². The molecule has 0 heterocycles. The lowest BCUT2D eigenvalue weighted by Gasteiger charge is -2.24. The van der Waals surface area contributed by atoms with Crippen molar-refractivity contribution in [2.24, 2.45) is 5.73 Å². The van der Waals surface area contributed by atoms with Gasteiger partial charge in [-0.05, 0) is 35.0 Å². The van der Waals surface area contributed by atoms with E-state index in [0.717, 1.165) is 10.8 Å². The van der Waals surface area contributed by atoms with Crippen molar-refractivity contribution >= 4 is 28.3 Å². The summed E-state index contributed by atoms with van der Waals surface area (Å²) in [6.45, 7) is -0.0230. The van der Waals surface area contributed by atoms with Gasteiger partial charge in [0.15, 0.2) is 6.61 Å². The molecule has 28 heavy (non-hydrogen) atoms. The molecule has 144 valence electrons. The molecule has 3 aromatic rings. The van der Waals surface area contributed by atoms with Crippen molar-refractivity contribution in [3.05, 3.63) is 66.7 Å². The van der Waals surface area contributed by atoms with Gasteiger partial charge in [-0.3, -0.25) is 9.59 Å². The zero-order valence-electron chi connectivity index (χ0n) is 15.6. The lowest BCUT2D eigenvalue weighted by molar-refractivity contribution is -0.120. The Labute approximate surface area is 163 Å². The molecule has 0 aliphatic heterocycles. The summed E-state index contributed by atoms with van der Waals surface area (Å²) in [5.41, 5.74) is 5.84. The molecular formula is C22H22N2O4. The highest BCUT2D eigenvalue weighted by molar-refractivity contribution is 5.96. The van der Waals surface area contributed by atoms with E-state index in [1.807, 2.05) is 48.5 Å². The molecule has 0 unspecified atom stereocenters. The number of rotatable bonds is 8. The SMILES string of the molecule is COc1ccccc1N(CCC(N)=O)C(=O)COc1ccc2ccccc2c1. The van der Waals surface area contributed by atoms with Gasteiger partial charge in [-0.2, -0.15) is 0 Å². The summed E-state index contributed by atoms with van der Waals surface area (Å²) in [6.07, 6.45) is 0.0414. The molecule has 0 saturated carbocycles. The van der Waals surface area contributed by atoms with Gasteiger partial charge in [0.05, 0.1) is 12.8 Å². The third-order valence-electron chi connectivity index (χ3n) is 4.34. The molecule has 6 heteroatoms. The lowest BCUT2D eigenvalue weighted by Crippen LogP contribution is -2.37. The van der Waals surface area contributed by atoms with Crippen LogP contribution >= 0.6 is 0 Å². The minimum absolute atomic E-state index is 0.0414. The highest BCUT2D eigenvalue weighted by Gasteiger charge is 2.20. The smallest absolute Gasteiger partial charge is 0.265 e. The number of amides is 2. The van der Waals surface area contributed by atoms with Gasteiger partial charge in [0.25, 0.3) is 5.91 Å². The summed E-state index contributed by atoms with van der Waals surface area (Å²) >= 11 is 0. The molecule has 0 aliphatic rings. The Kier molecular flexibility index (Phi) is 6.11. The number of carbonyl (C=O) groups excluding carboxylic acids is 2. The third-order valence-corrected chi connectivity index (χ3v) is 4.34. The standard InChI is InChI=1S/C22H22N2O4/c1-27-20-9-5-4-8-19(20)24(13-12-21(23)25)22(26)15-28-18-11-10-16-6-2-3-7-17(16)14-18/h2-11,14H,12-13,15H2,1H3,(H2,23,25). The highest BCUT2D eigenvalue weighted by atomic mass is 16.5. The van der Waals surface area contributed by atoms with Crippen molar-refractivity contribution in [3.63, 3.8) is 0 Å². The Balaban J connectivity index is 1.77. The molecule has 0 bridgehead atoms. The molecule has 0 aromatic heterocycles. The van der Waals surface area contributed by atoms with Gasteiger partial charge in [0, 0.05) is 13.0 Å². The van der Waals surface area contributed by atoms with Gasteiger partial charge < -0.3 is 20.1 Å². The van der Waals surface area contributed by atoms with Gasteiger partial charge in [-0.25, -0.2) is 0 Å². The number of anilines is 1. The first-order valence-electron chi connectivity index (χ1n) is 8.92. The largest absolute Gasteiger partial charge is 0.495 e. The maximum atomic E-state index is 12.9. The second-order valence-electron chi connectivity index (χ2n) is 6.23. The minimum atomic E-state index is -0.483. The summed E-state index contributed by atoms with van der Waals surface area (Å²) < 4.78 is 11.1. The summed E-state index contributed by atoms with van der Waals surface area (Å²) in [5.74, 6) is 0.356. The van der Waals surface area contributed by atoms with Gasteiger partial charge in [-0.15, -0.1) is 0 Å². The van der Waals surface area contributed by atoms with Crippen LogP contribution in [0.25, 0.3) is 10.8 Å². The second-order valence-corrected chi connectivity index (χ2v) is 6.23. The van der Waals surface area contributed by atoms with Crippen LogP contribution in [0.4, 0.5) is 5.69 Å². The summed E-state index contributed by atoms with van der Waals surface area (Å²) in [7, 11) is 1.53. The van der Waals surface area contributed by atoms with Crippen LogP contribution in [0.1, 0.15) is 6.42 Å². The van der Waals surface area contributed by atoms with Crippen molar-refractivity contribution in [1.29, 1.82) is 0 Å². The van der Waals surface area contributed by atoms with Crippen LogP contribution in [0, 0.1) is 0 Å². The Morgan fingerprint density at radius 3 is 2.43 bits per heavy atom. The normalized spacial score (nSPS) is 10.5. The Bertz CT molecular complexity index is 987. The zero-order chi connectivity index (χ0) is 19.9. The van der Waals surface area contributed by atoms with Crippen LogP contribution in [-0.2, 0) is 9.59 Å². The number of benzene rings is 3. The van der Waals surface area contributed by atoms with E-state index < -0.39 is 5.91 Å². The number of ether oxygens (including phenoxy) is 2. The molecule has 2 N–H and O–H groups in total. The highest BCUT2D eigenvalue weighted by Crippen LogP contribution is 2.28. The molecule has 6 nitrogen and oxygen atoms in total. The number of para-hydroxylation sites is 2. The van der Waals surface area contributed by atoms with E-state index in [9.17, 15) is 9.59 Å². The number of carbonyl (C=O) groups is 2. The first-order valence-corrected chi connectivity index (χ1v) is 8.92. The van der Waals surface area contributed by atoms with E-state index in [2.05, 4.69) is 0 Å². The average Bonchev–Trinajstić information content (AvgIpc) is 2.72. The molecule has 0 fully saturated rings. The molecule has 0 saturated heterocycles. The topological polar surface area (TPSA) is 81.9 Å². The van der Waals surface area contributed by atoms with Crippen molar-refractivity contribution < 1.29 is 19.1 Å². The number of nitrogens with two attached hydrogens (primary N) is 1. The lowest BCUT2D eigenvalue weighted by atomic mass is 10.1. The number of fused-ring (bicyclic) bond motifs is 1. The second kappa shape index (κ2) is 8.90. The Morgan fingerprint density at radius 1 is 0.964 bits per heavy atom. The number of nitrogens with zero attached hydrogens (tertiary/aromatic N) is 1. The molecule has 0 spiro atoms.